The Balaban J connectivity index is 2.15. The molecule has 0 bridgehead atoms. The van der Waals surface area contributed by atoms with E-state index in [0.717, 1.165) is 25.3 Å². The summed E-state index contributed by atoms with van der Waals surface area (Å²) in [5.74, 6) is 2.06. The van der Waals surface area contributed by atoms with Gasteiger partial charge >= 0.3 is 0 Å². The minimum absolute atomic E-state index is 0.197. The maximum absolute atomic E-state index is 14.1. The molecule has 1 fully saturated rings. The maximum Gasteiger partial charge on any atom is 0.127 e. The van der Waals surface area contributed by atoms with Crippen LogP contribution in [0.25, 0.3) is 0 Å². The molecule has 5 heteroatoms. The third-order valence-electron chi connectivity index (χ3n) is 4.05. The summed E-state index contributed by atoms with van der Waals surface area (Å²) in [6.07, 6.45) is 1.71. The first-order valence-corrected chi connectivity index (χ1v) is 9.11. The number of likely N-dealkylation sites (N-methyl/N-ethyl adjacent to an activating group) is 1. The lowest BCUT2D eigenvalue weighted by Crippen LogP contribution is -2.54. The van der Waals surface area contributed by atoms with E-state index in [4.69, 9.17) is 11.6 Å². The van der Waals surface area contributed by atoms with Crippen molar-refractivity contribution in [3.8, 4) is 0 Å². The lowest BCUT2D eigenvalue weighted by molar-refractivity contribution is 0.213. The number of hydrogen-bond acceptors (Lipinski definition) is 3. The van der Waals surface area contributed by atoms with Gasteiger partial charge in [-0.25, -0.2) is 4.39 Å². The Labute approximate surface area is 136 Å². The average molecular weight is 331 g/mol. The van der Waals surface area contributed by atoms with E-state index >= 15 is 0 Å². The summed E-state index contributed by atoms with van der Waals surface area (Å²) in [5.41, 5.74) is 0.636. The van der Waals surface area contributed by atoms with E-state index in [1.54, 1.807) is 12.1 Å². The second kappa shape index (κ2) is 8.37. The standard InChI is InChI=1S/C16H24ClFN2S/c1-3-7-19-15(16-11-21-9-8-20(16)2)10-12-13(17)5-4-6-14(12)18/h4-6,15-16,19H,3,7-11H2,1-2H3. The first-order valence-electron chi connectivity index (χ1n) is 7.57. The first-order chi connectivity index (χ1) is 10.1. The molecule has 1 aliphatic rings. The van der Waals surface area contributed by atoms with E-state index in [-0.39, 0.29) is 11.9 Å². The van der Waals surface area contributed by atoms with Gasteiger partial charge in [-0.1, -0.05) is 24.6 Å². The molecule has 0 spiro atoms. The molecule has 2 atom stereocenters. The van der Waals surface area contributed by atoms with Crippen LogP contribution < -0.4 is 5.32 Å². The number of nitrogens with zero attached hydrogens (tertiary/aromatic N) is 1. The normalized spacial score (nSPS) is 21.4. The van der Waals surface area contributed by atoms with Crippen LogP contribution in [0.1, 0.15) is 18.9 Å². The molecule has 0 saturated carbocycles. The van der Waals surface area contributed by atoms with Gasteiger partial charge in [-0.15, -0.1) is 0 Å². The topological polar surface area (TPSA) is 15.3 Å². The predicted octanol–water partition coefficient (Wildman–Crippen LogP) is 3.44. The molecule has 1 saturated heterocycles. The highest BCUT2D eigenvalue weighted by Crippen LogP contribution is 2.24. The average Bonchev–Trinajstić information content (AvgIpc) is 2.47. The third kappa shape index (κ3) is 4.59. The summed E-state index contributed by atoms with van der Waals surface area (Å²) in [4.78, 5) is 2.39. The van der Waals surface area contributed by atoms with Gasteiger partial charge in [-0.2, -0.15) is 11.8 Å². The molecule has 1 aromatic carbocycles. The van der Waals surface area contributed by atoms with E-state index < -0.39 is 0 Å². The lowest BCUT2D eigenvalue weighted by Gasteiger charge is -2.38. The minimum atomic E-state index is -0.197. The van der Waals surface area contributed by atoms with Gasteiger partial charge in [0.05, 0.1) is 0 Å². The highest BCUT2D eigenvalue weighted by Gasteiger charge is 2.28. The van der Waals surface area contributed by atoms with Gasteiger partial charge < -0.3 is 10.2 Å². The smallest absolute Gasteiger partial charge is 0.127 e. The maximum atomic E-state index is 14.1. The number of nitrogens with one attached hydrogen (secondary N) is 1. The van der Waals surface area contributed by atoms with Gasteiger partial charge in [0.1, 0.15) is 5.82 Å². The molecule has 1 aromatic rings. The fourth-order valence-electron chi connectivity index (χ4n) is 2.75. The number of rotatable bonds is 6. The van der Waals surface area contributed by atoms with Crippen LogP contribution in [0.15, 0.2) is 18.2 Å². The van der Waals surface area contributed by atoms with E-state index in [2.05, 4.69) is 24.2 Å². The van der Waals surface area contributed by atoms with Crippen molar-refractivity contribution in [3.05, 3.63) is 34.6 Å². The van der Waals surface area contributed by atoms with Crippen LogP contribution in [0.3, 0.4) is 0 Å². The molecule has 0 aromatic heterocycles. The molecule has 1 heterocycles. The number of benzene rings is 1. The SMILES string of the molecule is CCCNC(Cc1c(F)cccc1Cl)C1CSCCN1C. The lowest BCUT2D eigenvalue weighted by atomic mass is 9.98. The molecule has 2 unspecified atom stereocenters. The van der Waals surface area contributed by atoms with E-state index in [1.165, 1.54) is 11.8 Å². The van der Waals surface area contributed by atoms with Crippen molar-refractivity contribution < 1.29 is 4.39 Å². The minimum Gasteiger partial charge on any atom is -0.312 e. The van der Waals surface area contributed by atoms with Gasteiger partial charge in [0.15, 0.2) is 0 Å². The van der Waals surface area contributed by atoms with Crippen molar-refractivity contribution in [2.45, 2.75) is 31.8 Å². The van der Waals surface area contributed by atoms with Crippen molar-refractivity contribution in [1.29, 1.82) is 0 Å². The molecule has 2 nitrogen and oxygen atoms in total. The van der Waals surface area contributed by atoms with Crippen LogP contribution in [0.5, 0.6) is 0 Å². The fraction of sp³-hybridized carbons (Fsp3) is 0.625. The molecular weight excluding hydrogens is 307 g/mol. The summed E-state index contributed by atoms with van der Waals surface area (Å²) in [5, 5.41) is 4.12. The van der Waals surface area contributed by atoms with Gasteiger partial charge in [0, 0.05) is 40.7 Å². The fourth-order valence-corrected chi connectivity index (χ4v) is 4.30. The molecule has 0 aliphatic carbocycles. The van der Waals surface area contributed by atoms with Crippen molar-refractivity contribution in [1.82, 2.24) is 10.2 Å². The molecule has 118 valence electrons. The second-order valence-electron chi connectivity index (χ2n) is 5.59. The van der Waals surface area contributed by atoms with Crippen LogP contribution in [0.4, 0.5) is 4.39 Å². The molecule has 0 radical (unpaired) electrons. The zero-order chi connectivity index (χ0) is 15.2. The third-order valence-corrected chi connectivity index (χ3v) is 5.45. The number of halogens is 2. The van der Waals surface area contributed by atoms with Gasteiger partial charge in [0.2, 0.25) is 0 Å². The van der Waals surface area contributed by atoms with Crippen molar-refractivity contribution >= 4 is 23.4 Å². The summed E-state index contributed by atoms with van der Waals surface area (Å²) < 4.78 is 14.1. The van der Waals surface area contributed by atoms with Crippen LogP contribution >= 0.6 is 23.4 Å². The van der Waals surface area contributed by atoms with Gasteiger partial charge in [0.25, 0.3) is 0 Å². The summed E-state index contributed by atoms with van der Waals surface area (Å²) in [6.45, 7) is 4.19. The summed E-state index contributed by atoms with van der Waals surface area (Å²) in [6, 6.07) is 5.59. The van der Waals surface area contributed by atoms with Gasteiger partial charge in [-0.05, 0) is 38.6 Å². The zero-order valence-electron chi connectivity index (χ0n) is 12.7. The van der Waals surface area contributed by atoms with Crippen LogP contribution in [0.2, 0.25) is 5.02 Å². The molecular formula is C16H24ClFN2S. The Morgan fingerprint density at radius 2 is 2.33 bits per heavy atom. The van der Waals surface area contributed by atoms with E-state index in [9.17, 15) is 4.39 Å². The predicted molar refractivity (Wildman–Crippen MR) is 90.9 cm³/mol. The molecule has 1 aliphatic heterocycles. The van der Waals surface area contributed by atoms with Gasteiger partial charge in [-0.3, -0.25) is 0 Å². The Morgan fingerprint density at radius 1 is 1.52 bits per heavy atom. The van der Waals surface area contributed by atoms with E-state index in [0.29, 0.717) is 23.0 Å². The zero-order valence-corrected chi connectivity index (χ0v) is 14.3. The molecule has 0 amide bonds. The van der Waals surface area contributed by atoms with Crippen molar-refractivity contribution in [2.24, 2.45) is 0 Å². The monoisotopic (exact) mass is 330 g/mol. The number of thioether (sulfide) groups is 1. The first kappa shape index (κ1) is 17.1. The Hall–Kier alpha value is -0.290. The van der Waals surface area contributed by atoms with Crippen molar-refractivity contribution in [2.75, 3.05) is 31.6 Å². The summed E-state index contributed by atoms with van der Waals surface area (Å²) >= 11 is 8.18. The molecule has 2 rings (SSSR count). The summed E-state index contributed by atoms with van der Waals surface area (Å²) in [7, 11) is 2.16. The molecule has 1 N–H and O–H groups in total. The largest absolute Gasteiger partial charge is 0.312 e. The second-order valence-corrected chi connectivity index (χ2v) is 7.14. The molecule has 21 heavy (non-hydrogen) atoms. The Bertz CT molecular complexity index is 438. The van der Waals surface area contributed by atoms with Crippen LogP contribution in [-0.2, 0) is 6.42 Å². The van der Waals surface area contributed by atoms with Crippen LogP contribution in [0, 0.1) is 5.82 Å². The van der Waals surface area contributed by atoms with Crippen LogP contribution in [-0.4, -0.2) is 48.6 Å². The quantitative estimate of drug-likeness (QED) is 0.860. The highest BCUT2D eigenvalue weighted by atomic mass is 35.5. The highest BCUT2D eigenvalue weighted by molar-refractivity contribution is 7.99. The van der Waals surface area contributed by atoms with E-state index in [1.807, 2.05) is 11.8 Å². The Kier molecular flexibility index (Phi) is 6.80. The number of hydrogen-bond donors (Lipinski definition) is 1. The Morgan fingerprint density at radius 3 is 3.00 bits per heavy atom. The van der Waals surface area contributed by atoms with Crippen molar-refractivity contribution in [3.63, 3.8) is 0 Å².